The van der Waals surface area contributed by atoms with Crippen molar-refractivity contribution in [2.24, 2.45) is 0 Å². The van der Waals surface area contributed by atoms with E-state index in [1.54, 1.807) is 6.08 Å². The van der Waals surface area contributed by atoms with Gasteiger partial charge in [-0.1, -0.05) is 29.3 Å². The predicted molar refractivity (Wildman–Crippen MR) is 48.1 cm³/mol. The lowest BCUT2D eigenvalue weighted by atomic mass is 9.99. The predicted octanol–water partition coefficient (Wildman–Crippen LogP) is 2.79. The van der Waals surface area contributed by atoms with Gasteiger partial charge in [-0.25, -0.2) is 0 Å². The average molecular weight is 209 g/mol. The van der Waals surface area contributed by atoms with Crippen LogP contribution in [0.15, 0.2) is 10.6 Å². The quantitative estimate of drug-likeness (QED) is 0.653. The van der Waals surface area contributed by atoms with Gasteiger partial charge in [0.05, 0.1) is 0 Å². The number of hydrogen-bond acceptors (Lipinski definition) is 2. The van der Waals surface area contributed by atoms with Crippen LogP contribution in [0.5, 0.6) is 0 Å². The molecule has 0 aliphatic carbocycles. The maximum absolute atomic E-state index is 10.8. The van der Waals surface area contributed by atoms with Gasteiger partial charge >= 0.3 is 5.97 Å². The first-order valence-electron chi connectivity index (χ1n) is 3.75. The molecule has 0 radical (unpaired) electrons. The van der Waals surface area contributed by atoms with Crippen molar-refractivity contribution in [1.82, 2.24) is 0 Å². The van der Waals surface area contributed by atoms with E-state index in [1.165, 1.54) is 0 Å². The van der Waals surface area contributed by atoms with Gasteiger partial charge in [0, 0.05) is 12.8 Å². The summed E-state index contributed by atoms with van der Waals surface area (Å²) < 4.78 is 5.32. The Hall–Kier alpha value is -0.210. The number of rotatable bonds is 2. The van der Waals surface area contributed by atoms with E-state index in [2.05, 4.69) is 0 Å². The van der Waals surface area contributed by atoms with Gasteiger partial charge in [-0.2, -0.15) is 0 Å². The second kappa shape index (κ2) is 3.67. The minimum atomic E-state index is -0.397. The molecule has 1 rings (SSSR count). The van der Waals surface area contributed by atoms with Gasteiger partial charge in [0.2, 0.25) is 0 Å². The zero-order valence-electron chi connectivity index (χ0n) is 6.77. The molecule has 0 bridgehead atoms. The number of hydrogen-bond donors (Lipinski definition) is 0. The third-order valence-corrected chi connectivity index (χ3v) is 2.21. The van der Waals surface area contributed by atoms with Gasteiger partial charge in [-0.05, 0) is 13.3 Å². The molecule has 1 atom stereocenters. The fourth-order valence-corrected chi connectivity index (χ4v) is 1.33. The Morgan fingerprint density at radius 1 is 1.75 bits per heavy atom. The van der Waals surface area contributed by atoms with Crippen molar-refractivity contribution < 1.29 is 9.53 Å². The first kappa shape index (κ1) is 9.87. The van der Waals surface area contributed by atoms with Gasteiger partial charge in [-0.3, -0.25) is 4.79 Å². The summed E-state index contributed by atoms with van der Waals surface area (Å²) in [5.74, 6) is -0.142. The molecule has 68 valence electrons. The van der Waals surface area contributed by atoms with Crippen molar-refractivity contribution in [3.8, 4) is 0 Å². The minimum absolute atomic E-state index is 0.142. The van der Waals surface area contributed by atoms with E-state index in [0.29, 0.717) is 12.8 Å². The molecular formula is C8H10Cl2O2. The number of carbonyl (C=O) groups excluding carboxylic acids is 1. The highest BCUT2D eigenvalue weighted by Gasteiger charge is 2.34. The number of halogens is 2. The normalized spacial score (nSPS) is 28.4. The molecule has 0 aromatic rings. The largest absolute Gasteiger partial charge is 0.459 e. The van der Waals surface area contributed by atoms with E-state index >= 15 is 0 Å². The van der Waals surface area contributed by atoms with Gasteiger partial charge < -0.3 is 4.74 Å². The summed E-state index contributed by atoms with van der Waals surface area (Å²) in [6.45, 7) is 1.88. The Kier molecular flexibility index (Phi) is 3.02. The Balaban J connectivity index is 2.51. The molecule has 0 spiro atoms. The number of ether oxygens (including phenoxy) is 1. The first-order valence-corrected chi connectivity index (χ1v) is 4.50. The van der Waals surface area contributed by atoms with Crippen LogP contribution in [0.2, 0.25) is 0 Å². The lowest BCUT2D eigenvalue weighted by Crippen LogP contribution is -2.22. The standard InChI is InChI=1S/C8H10Cl2O2/c1-8(4-2-6(9)10)5-3-7(11)12-8/h2H,3-5H2,1H3. The molecule has 4 heteroatoms. The third kappa shape index (κ3) is 2.68. The molecule has 0 amide bonds. The molecule has 0 N–H and O–H groups in total. The lowest BCUT2D eigenvalue weighted by molar-refractivity contribution is -0.146. The Labute approximate surface area is 81.5 Å². The molecule has 1 saturated heterocycles. The maximum atomic E-state index is 10.8. The van der Waals surface area contributed by atoms with Crippen LogP contribution in [0.4, 0.5) is 0 Å². The van der Waals surface area contributed by atoms with E-state index < -0.39 is 5.60 Å². The van der Waals surface area contributed by atoms with Crippen LogP contribution in [-0.2, 0) is 9.53 Å². The molecule has 1 aliphatic heterocycles. The fraction of sp³-hybridized carbons (Fsp3) is 0.625. The van der Waals surface area contributed by atoms with Crippen LogP contribution in [0.3, 0.4) is 0 Å². The van der Waals surface area contributed by atoms with Gasteiger partial charge in [0.25, 0.3) is 0 Å². The molecule has 12 heavy (non-hydrogen) atoms. The summed E-state index contributed by atoms with van der Waals surface area (Å²) >= 11 is 10.9. The Morgan fingerprint density at radius 3 is 2.83 bits per heavy atom. The summed E-state index contributed by atoms with van der Waals surface area (Å²) in [7, 11) is 0. The lowest BCUT2D eigenvalue weighted by Gasteiger charge is -2.20. The van der Waals surface area contributed by atoms with Gasteiger partial charge in [-0.15, -0.1) is 0 Å². The van der Waals surface area contributed by atoms with Crippen molar-refractivity contribution in [3.05, 3.63) is 10.6 Å². The zero-order chi connectivity index (χ0) is 9.19. The average Bonchev–Trinajstić information content (AvgIpc) is 2.29. The number of esters is 1. The summed E-state index contributed by atoms with van der Waals surface area (Å²) in [5, 5.41) is 0. The van der Waals surface area contributed by atoms with Crippen LogP contribution in [0.1, 0.15) is 26.2 Å². The second-order valence-corrected chi connectivity index (χ2v) is 4.13. The Bertz CT molecular complexity index is 221. The topological polar surface area (TPSA) is 26.3 Å². The highest BCUT2D eigenvalue weighted by Crippen LogP contribution is 2.30. The van der Waals surface area contributed by atoms with E-state index in [4.69, 9.17) is 27.9 Å². The maximum Gasteiger partial charge on any atom is 0.306 e. The van der Waals surface area contributed by atoms with E-state index in [9.17, 15) is 4.79 Å². The summed E-state index contributed by atoms with van der Waals surface area (Å²) in [4.78, 5) is 10.8. The van der Waals surface area contributed by atoms with Gasteiger partial charge in [0.1, 0.15) is 10.1 Å². The van der Waals surface area contributed by atoms with Gasteiger partial charge in [0.15, 0.2) is 0 Å². The highest BCUT2D eigenvalue weighted by molar-refractivity contribution is 6.55. The molecule has 0 aromatic carbocycles. The van der Waals surface area contributed by atoms with Crippen molar-refractivity contribution in [2.45, 2.75) is 31.8 Å². The highest BCUT2D eigenvalue weighted by atomic mass is 35.5. The van der Waals surface area contributed by atoms with E-state index in [1.807, 2.05) is 6.92 Å². The molecule has 1 aliphatic rings. The van der Waals surface area contributed by atoms with Crippen LogP contribution in [-0.4, -0.2) is 11.6 Å². The molecule has 1 heterocycles. The summed E-state index contributed by atoms with van der Waals surface area (Å²) in [6.07, 6.45) is 3.47. The van der Waals surface area contributed by atoms with Crippen molar-refractivity contribution in [2.75, 3.05) is 0 Å². The summed E-state index contributed by atoms with van der Waals surface area (Å²) in [5.41, 5.74) is -0.397. The third-order valence-electron chi connectivity index (χ3n) is 1.91. The van der Waals surface area contributed by atoms with Crippen LogP contribution < -0.4 is 0 Å². The second-order valence-electron chi connectivity index (χ2n) is 3.12. The van der Waals surface area contributed by atoms with E-state index in [-0.39, 0.29) is 10.5 Å². The van der Waals surface area contributed by atoms with Crippen LogP contribution >= 0.6 is 23.2 Å². The monoisotopic (exact) mass is 208 g/mol. The molecule has 1 unspecified atom stereocenters. The molecule has 0 saturated carbocycles. The zero-order valence-corrected chi connectivity index (χ0v) is 8.28. The first-order chi connectivity index (χ1) is 5.52. The van der Waals surface area contributed by atoms with Crippen molar-refractivity contribution >= 4 is 29.2 Å². The molecule has 2 nitrogen and oxygen atoms in total. The fourth-order valence-electron chi connectivity index (χ4n) is 1.18. The molecular weight excluding hydrogens is 199 g/mol. The molecule has 1 fully saturated rings. The Morgan fingerprint density at radius 2 is 2.42 bits per heavy atom. The van der Waals surface area contributed by atoms with Crippen LogP contribution in [0, 0.1) is 0 Å². The smallest absolute Gasteiger partial charge is 0.306 e. The minimum Gasteiger partial charge on any atom is -0.459 e. The number of carbonyl (C=O) groups is 1. The number of cyclic esters (lactones) is 1. The summed E-state index contributed by atoms with van der Waals surface area (Å²) in [6, 6.07) is 0. The molecule has 0 aromatic heterocycles. The van der Waals surface area contributed by atoms with Crippen molar-refractivity contribution in [1.29, 1.82) is 0 Å². The van der Waals surface area contributed by atoms with E-state index in [0.717, 1.165) is 6.42 Å². The van der Waals surface area contributed by atoms with Crippen LogP contribution in [0.25, 0.3) is 0 Å². The van der Waals surface area contributed by atoms with Crippen molar-refractivity contribution in [3.63, 3.8) is 0 Å². The SMILES string of the molecule is CC1(CC=C(Cl)Cl)CCC(=O)O1.